The van der Waals surface area contributed by atoms with E-state index >= 15 is 0 Å². The summed E-state index contributed by atoms with van der Waals surface area (Å²) in [6.45, 7) is 0. The van der Waals surface area contributed by atoms with Gasteiger partial charge < -0.3 is 4.74 Å². The molecule has 1 saturated heterocycles. The summed E-state index contributed by atoms with van der Waals surface area (Å²) in [5, 5.41) is 0. The van der Waals surface area contributed by atoms with Crippen molar-refractivity contribution in [1.82, 2.24) is 0 Å². The molecule has 0 amide bonds. The Hall–Kier alpha value is -0.590. The Morgan fingerprint density at radius 1 is 1.36 bits per heavy atom. The van der Waals surface area contributed by atoms with Gasteiger partial charge in [-0.2, -0.15) is 4.89 Å². The lowest BCUT2D eigenvalue weighted by atomic mass is 10.1. The topological polar surface area (TPSA) is 44.8 Å². The van der Waals surface area contributed by atoms with Crippen LogP contribution in [-0.2, 0) is 19.3 Å². The molecule has 0 radical (unpaired) electrons. The molecule has 1 aliphatic carbocycles. The fourth-order valence-electron chi connectivity index (χ4n) is 1.75. The molecule has 0 N–H and O–H groups in total. The van der Waals surface area contributed by atoms with Gasteiger partial charge >= 0.3 is 0 Å². The first-order chi connectivity index (χ1) is 6.61. The minimum atomic E-state index is -2.64. The quantitative estimate of drug-likeness (QED) is 0.506. The first-order valence-electron chi connectivity index (χ1n) is 4.41. The SMILES string of the molecule is O=CC1OOC(C2CCC(F)(F)C2)O1. The van der Waals surface area contributed by atoms with Crippen LogP contribution < -0.4 is 0 Å². The molecule has 0 aromatic heterocycles. The third kappa shape index (κ3) is 1.92. The molecular formula is C8H10F2O4. The van der Waals surface area contributed by atoms with Gasteiger partial charge in [-0.1, -0.05) is 0 Å². The van der Waals surface area contributed by atoms with E-state index in [1.165, 1.54) is 0 Å². The number of halogens is 2. The Kier molecular flexibility index (Phi) is 2.50. The lowest BCUT2D eigenvalue weighted by molar-refractivity contribution is -0.298. The van der Waals surface area contributed by atoms with E-state index in [0.717, 1.165) is 0 Å². The maximum Gasteiger partial charge on any atom is 0.250 e. The third-order valence-corrected chi connectivity index (χ3v) is 2.45. The fraction of sp³-hybridized carbons (Fsp3) is 0.875. The van der Waals surface area contributed by atoms with E-state index in [0.29, 0.717) is 12.7 Å². The molecule has 2 fully saturated rings. The molecular weight excluding hydrogens is 198 g/mol. The van der Waals surface area contributed by atoms with Crippen LogP contribution in [0.2, 0.25) is 0 Å². The Morgan fingerprint density at radius 2 is 2.14 bits per heavy atom. The molecule has 2 aliphatic rings. The van der Waals surface area contributed by atoms with Crippen molar-refractivity contribution in [2.75, 3.05) is 0 Å². The lowest BCUT2D eigenvalue weighted by Crippen LogP contribution is -2.22. The van der Waals surface area contributed by atoms with E-state index < -0.39 is 24.4 Å². The van der Waals surface area contributed by atoms with Gasteiger partial charge in [0, 0.05) is 18.8 Å². The van der Waals surface area contributed by atoms with Crippen LogP contribution in [0.25, 0.3) is 0 Å². The molecule has 1 aliphatic heterocycles. The molecule has 80 valence electrons. The first kappa shape index (κ1) is 9.95. The van der Waals surface area contributed by atoms with Gasteiger partial charge in [-0.25, -0.2) is 13.7 Å². The number of rotatable bonds is 2. The fourth-order valence-corrected chi connectivity index (χ4v) is 1.75. The second kappa shape index (κ2) is 3.52. The predicted octanol–water partition coefficient (Wildman–Crippen LogP) is 1.25. The van der Waals surface area contributed by atoms with Gasteiger partial charge in [0.15, 0.2) is 12.6 Å². The molecule has 0 aromatic rings. The average molecular weight is 208 g/mol. The summed E-state index contributed by atoms with van der Waals surface area (Å²) in [6.07, 6.45) is -1.59. The van der Waals surface area contributed by atoms with Crippen LogP contribution in [0.15, 0.2) is 0 Å². The van der Waals surface area contributed by atoms with Crippen molar-refractivity contribution in [2.24, 2.45) is 5.92 Å². The van der Waals surface area contributed by atoms with Crippen LogP contribution in [0, 0.1) is 5.92 Å². The summed E-state index contributed by atoms with van der Waals surface area (Å²) in [7, 11) is 0. The summed E-state index contributed by atoms with van der Waals surface area (Å²) < 4.78 is 30.6. The van der Waals surface area contributed by atoms with Crippen molar-refractivity contribution in [3.63, 3.8) is 0 Å². The Bertz CT molecular complexity index is 233. The summed E-state index contributed by atoms with van der Waals surface area (Å²) in [5.74, 6) is -3.04. The van der Waals surface area contributed by atoms with Crippen LogP contribution in [0.3, 0.4) is 0 Å². The highest BCUT2D eigenvalue weighted by atomic mass is 19.3. The van der Waals surface area contributed by atoms with Gasteiger partial charge in [0.2, 0.25) is 12.2 Å². The van der Waals surface area contributed by atoms with E-state index in [4.69, 9.17) is 4.74 Å². The molecule has 2 rings (SSSR count). The van der Waals surface area contributed by atoms with E-state index in [1.807, 2.05) is 0 Å². The van der Waals surface area contributed by atoms with Gasteiger partial charge in [0.05, 0.1) is 0 Å². The molecule has 14 heavy (non-hydrogen) atoms. The predicted molar refractivity (Wildman–Crippen MR) is 39.2 cm³/mol. The molecule has 3 unspecified atom stereocenters. The van der Waals surface area contributed by atoms with Crippen LogP contribution in [0.1, 0.15) is 19.3 Å². The van der Waals surface area contributed by atoms with Gasteiger partial charge in [0.25, 0.3) is 0 Å². The zero-order chi connectivity index (χ0) is 10.2. The van der Waals surface area contributed by atoms with E-state index in [2.05, 4.69) is 9.78 Å². The minimum Gasteiger partial charge on any atom is -0.311 e. The normalized spacial score (nSPS) is 41.4. The van der Waals surface area contributed by atoms with Crippen LogP contribution in [-0.4, -0.2) is 24.8 Å². The maximum absolute atomic E-state index is 12.8. The standard InChI is InChI=1S/C8H10F2O4/c9-8(10)2-1-5(3-8)7-12-6(4-11)13-14-7/h4-7H,1-3H2. The average Bonchev–Trinajstić information content (AvgIpc) is 2.70. The minimum absolute atomic E-state index is 0.160. The van der Waals surface area contributed by atoms with Crippen molar-refractivity contribution in [1.29, 1.82) is 0 Å². The molecule has 4 nitrogen and oxygen atoms in total. The molecule has 0 bridgehead atoms. The molecule has 6 heteroatoms. The smallest absolute Gasteiger partial charge is 0.250 e. The summed E-state index contributed by atoms with van der Waals surface area (Å²) in [6, 6.07) is 0. The largest absolute Gasteiger partial charge is 0.311 e. The van der Waals surface area contributed by atoms with Gasteiger partial charge in [-0.3, -0.25) is 4.79 Å². The number of aldehydes is 1. The summed E-state index contributed by atoms with van der Waals surface area (Å²) in [5.41, 5.74) is 0. The van der Waals surface area contributed by atoms with Crippen molar-refractivity contribution in [3.8, 4) is 0 Å². The highest BCUT2D eigenvalue weighted by Gasteiger charge is 2.46. The van der Waals surface area contributed by atoms with E-state index in [1.54, 1.807) is 0 Å². The second-order valence-corrected chi connectivity index (χ2v) is 3.56. The Balaban J connectivity index is 1.89. The van der Waals surface area contributed by atoms with E-state index in [9.17, 15) is 13.6 Å². The first-order valence-corrected chi connectivity index (χ1v) is 4.41. The van der Waals surface area contributed by atoms with E-state index in [-0.39, 0.29) is 12.8 Å². The van der Waals surface area contributed by atoms with Crippen LogP contribution in [0.5, 0.6) is 0 Å². The van der Waals surface area contributed by atoms with Crippen molar-refractivity contribution in [3.05, 3.63) is 0 Å². The highest BCUT2D eigenvalue weighted by Crippen LogP contribution is 2.42. The lowest BCUT2D eigenvalue weighted by Gasteiger charge is -2.14. The number of alkyl halides is 2. The second-order valence-electron chi connectivity index (χ2n) is 3.56. The number of ether oxygens (including phenoxy) is 1. The molecule has 0 spiro atoms. The number of carbonyl (C=O) groups is 1. The van der Waals surface area contributed by atoms with Crippen LogP contribution in [0.4, 0.5) is 8.78 Å². The number of hydrogen-bond donors (Lipinski definition) is 0. The monoisotopic (exact) mass is 208 g/mol. The zero-order valence-corrected chi connectivity index (χ0v) is 7.32. The van der Waals surface area contributed by atoms with Gasteiger partial charge in [-0.05, 0) is 6.42 Å². The molecule has 1 heterocycles. The van der Waals surface area contributed by atoms with Gasteiger partial charge in [0.1, 0.15) is 0 Å². The third-order valence-electron chi connectivity index (χ3n) is 2.45. The van der Waals surface area contributed by atoms with Crippen LogP contribution >= 0.6 is 0 Å². The Labute approximate surface area is 79.0 Å². The highest BCUT2D eigenvalue weighted by molar-refractivity contribution is 5.53. The molecule has 1 saturated carbocycles. The van der Waals surface area contributed by atoms with Gasteiger partial charge in [-0.15, -0.1) is 0 Å². The van der Waals surface area contributed by atoms with Crippen molar-refractivity contribution in [2.45, 2.75) is 37.8 Å². The zero-order valence-electron chi connectivity index (χ0n) is 7.32. The Morgan fingerprint density at radius 3 is 2.64 bits per heavy atom. The number of hydrogen-bond acceptors (Lipinski definition) is 4. The summed E-state index contributed by atoms with van der Waals surface area (Å²) in [4.78, 5) is 19.3. The summed E-state index contributed by atoms with van der Waals surface area (Å²) >= 11 is 0. The van der Waals surface area contributed by atoms with Crippen molar-refractivity contribution < 1.29 is 28.1 Å². The van der Waals surface area contributed by atoms with Crippen molar-refractivity contribution >= 4 is 6.29 Å². The number of carbonyl (C=O) groups excluding carboxylic acids is 1. The molecule has 0 aromatic carbocycles. The molecule has 3 atom stereocenters. The maximum atomic E-state index is 12.8.